The van der Waals surface area contributed by atoms with E-state index in [1.165, 1.54) is 18.4 Å². The Bertz CT molecular complexity index is 1230. The Hall–Kier alpha value is -3.73. The summed E-state index contributed by atoms with van der Waals surface area (Å²) in [6, 6.07) is 6.73. The highest BCUT2D eigenvalue weighted by atomic mass is 32.1. The Morgan fingerprint density at radius 3 is 2.59 bits per heavy atom. The second-order valence-electron chi connectivity index (χ2n) is 6.96. The number of H-pyrrole nitrogens is 1. The Balaban J connectivity index is 1.46. The van der Waals surface area contributed by atoms with Gasteiger partial charge in [-0.1, -0.05) is 12.1 Å². The van der Waals surface area contributed by atoms with E-state index in [9.17, 15) is 19.2 Å². The van der Waals surface area contributed by atoms with Crippen LogP contribution in [0.15, 0.2) is 29.1 Å². The number of hydrogen-bond acceptors (Lipinski definition) is 7. The van der Waals surface area contributed by atoms with Crippen molar-refractivity contribution in [1.29, 1.82) is 0 Å². The standard InChI is InChI=1S/C21H23N5O5S/c1-11-12(2)32-21-18(11)20(30)23-15(24-21)10-17(28)26-25-16(27)8-9-22-19(29)13-6-4-5-7-14(13)31-3/h4-7H,8-10H2,1-3H3,(H,22,29)(H,25,27)(H,26,28)(H,23,24,30). The molecule has 0 saturated heterocycles. The van der Waals surface area contributed by atoms with Gasteiger partial charge >= 0.3 is 0 Å². The van der Waals surface area contributed by atoms with Crippen molar-refractivity contribution in [2.45, 2.75) is 26.7 Å². The molecular weight excluding hydrogens is 434 g/mol. The highest BCUT2D eigenvalue weighted by Crippen LogP contribution is 2.25. The molecule has 0 fully saturated rings. The zero-order chi connectivity index (χ0) is 23.3. The van der Waals surface area contributed by atoms with Crippen LogP contribution in [-0.4, -0.2) is 41.3 Å². The molecule has 32 heavy (non-hydrogen) atoms. The van der Waals surface area contributed by atoms with Gasteiger partial charge in [-0.3, -0.25) is 30.0 Å². The minimum absolute atomic E-state index is 0.0457. The number of para-hydroxylation sites is 1. The normalized spacial score (nSPS) is 10.6. The maximum atomic E-state index is 12.3. The number of thiophene rings is 1. The third-order valence-electron chi connectivity index (χ3n) is 4.75. The Morgan fingerprint density at radius 1 is 1.12 bits per heavy atom. The highest BCUT2D eigenvalue weighted by Gasteiger charge is 2.15. The van der Waals surface area contributed by atoms with E-state index in [2.05, 4.69) is 26.1 Å². The molecule has 0 spiro atoms. The van der Waals surface area contributed by atoms with E-state index in [0.29, 0.717) is 21.5 Å². The van der Waals surface area contributed by atoms with Gasteiger partial charge in [0, 0.05) is 17.8 Å². The molecule has 10 nitrogen and oxygen atoms in total. The maximum Gasteiger partial charge on any atom is 0.259 e. The van der Waals surface area contributed by atoms with Crippen LogP contribution in [0, 0.1) is 13.8 Å². The SMILES string of the molecule is COc1ccccc1C(=O)NCCC(=O)NNC(=O)Cc1nc2sc(C)c(C)c2c(=O)[nH]1. The van der Waals surface area contributed by atoms with Crippen LogP contribution in [0.3, 0.4) is 0 Å². The number of rotatable bonds is 7. The number of ether oxygens (including phenoxy) is 1. The Morgan fingerprint density at radius 2 is 1.84 bits per heavy atom. The van der Waals surface area contributed by atoms with Crippen molar-refractivity contribution in [2.24, 2.45) is 0 Å². The summed E-state index contributed by atoms with van der Waals surface area (Å²) in [4.78, 5) is 57.0. The summed E-state index contributed by atoms with van der Waals surface area (Å²) < 4.78 is 5.13. The van der Waals surface area contributed by atoms with Crippen molar-refractivity contribution in [3.63, 3.8) is 0 Å². The zero-order valence-electron chi connectivity index (χ0n) is 17.8. The number of nitrogens with one attached hydrogen (secondary N) is 4. The molecule has 2 aromatic heterocycles. The molecule has 11 heteroatoms. The summed E-state index contributed by atoms with van der Waals surface area (Å²) >= 11 is 1.39. The van der Waals surface area contributed by atoms with Crippen LogP contribution in [0.25, 0.3) is 10.2 Å². The van der Waals surface area contributed by atoms with Gasteiger partial charge in [0.05, 0.1) is 24.5 Å². The molecule has 0 atom stereocenters. The number of nitrogens with zero attached hydrogens (tertiary/aromatic N) is 1. The lowest BCUT2D eigenvalue weighted by Gasteiger charge is -2.10. The van der Waals surface area contributed by atoms with Crippen LogP contribution in [0.1, 0.15) is 33.0 Å². The lowest BCUT2D eigenvalue weighted by molar-refractivity contribution is -0.128. The van der Waals surface area contributed by atoms with Gasteiger partial charge in [-0.2, -0.15) is 0 Å². The van der Waals surface area contributed by atoms with Crippen molar-refractivity contribution in [1.82, 2.24) is 26.1 Å². The molecule has 0 bridgehead atoms. The van der Waals surface area contributed by atoms with Crippen molar-refractivity contribution in [3.05, 3.63) is 56.4 Å². The van der Waals surface area contributed by atoms with E-state index in [4.69, 9.17) is 4.74 Å². The first-order valence-electron chi connectivity index (χ1n) is 9.78. The van der Waals surface area contributed by atoms with Gasteiger partial charge in [0.2, 0.25) is 11.8 Å². The molecule has 3 amide bonds. The Kier molecular flexibility index (Phi) is 7.21. The number of methoxy groups -OCH3 is 1. The number of fused-ring (bicyclic) bond motifs is 1. The van der Waals surface area contributed by atoms with Crippen LogP contribution in [-0.2, 0) is 16.0 Å². The number of carbonyl (C=O) groups excluding carboxylic acids is 3. The molecule has 0 radical (unpaired) electrons. The maximum absolute atomic E-state index is 12.3. The first kappa shape index (κ1) is 22.9. The van der Waals surface area contributed by atoms with Crippen molar-refractivity contribution in [2.75, 3.05) is 13.7 Å². The zero-order valence-corrected chi connectivity index (χ0v) is 18.6. The summed E-state index contributed by atoms with van der Waals surface area (Å²) in [7, 11) is 1.47. The lowest BCUT2D eigenvalue weighted by atomic mass is 10.2. The minimum Gasteiger partial charge on any atom is -0.496 e. The second kappa shape index (κ2) is 10.1. The topological polar surface area (TPSA) is 142 Å². The van der Waals surface area contributed by atoms with E-state index in [1.54, 1.807) is 24.3 Å². The fraction of sp³-hybridized carbons (Fsp3) is 0.286. The number of hydrogen-bond donors (Lipinski definition) is 4. The summed E-state index contributed by atoms with van der Waals surface area (Å²) in [6.07, 6.45) is -0.248. The molecule has 1 aromatic carbocycles. The first-order valence-corrected chi connectivity index (χ1v) is 10.6. The van der Waals surface area contributed by atoms with E-state index in [1.807, 2.05) is 13.8 Å². The van der Waals surface area contributed by atoms with Gasteiger partial charge < -0.3 is 15.0 Å². The summed E-state index contributed by atoms with van der Waals surface area (Å²) in [5, 5.41) is 3.15. The number of aryl methyl sites for hydroxylation is 2. The molecule has 4 N–H and O–H groups in total. The molecule has 0 aliphatic carbocycles. The highest BCUT2D eigenvalue weighted by molar-refractivity contribution is 7.18. The number of benzene rings is 1. The molecular formula is C21H23N5O5S. The van der Waals surface area contributed by atoms with Gasteiger partial charge in [-0.25, -0.2) is 4.98 Å². The summed E-state index contributed by atoms with van der Waals surface area (Å²) in [5.41, 5.74) is 5.48. The van der Waals surface area contributed by atoms with Gasteiger partial charge in [0.15, 0.2) is 0 Å². The lowest BCUT2D eigenvalue weighted by Crippen LogP contribution is -2.43. The van der Waals surface area contributed by atoms with Gasteiger partial charge in [-0.05, 0) is 31.5 Å². The molecule has 168 valence electrons. The van der Waals surface area contributed by atoms with Crippen LogP contribution < -0.4 is 26.5 Å². The van der Waals surface area contributed by atoms with Crippen LogP contribution >= 0.6 is 11.3 Å². The average Bonchev–Trinajstić information content (AvgIpc) is 3.05. The van der Waals surface area contributed by atoms with Crippen LogP contribution in [0.4, 0.5) is 0 Å². The molecule has 0 unspecified atom stereocenters. The van der Waals surface area contributed by atoms with E-state index >= 15 is 0 Å². The number of hydrazine groups is 1. The minimum atomic E-state index is -0.538. The largest absolute Gasteiger partial charge is 0.496 e. The molecule has 3 rings (SSSR count). The number of carbonyl (C=O) groups is 3. The van der Waals surface area contributed by atoms with Gasteiger partial charge in [0.25, 0.3) is 11.5 Å². The number of aromatic nitrogens is 2. The Labute approximate surface area is 187 Å². The molecule has 2 heterocycles. The molecule has 0 aliphatic heterocycles. The predicted molar refractivity (Wildman–Crippen MR) is 120 cm³/mol. The molecule has 3 aromatic rings. The van der Waals surface area contributed by atoms with Crippen LogP contribution in [0.2, 0.25) is 0 Å². The summed E-state index contributed by atoms with van der Waals surface area (Å²) in [5.74, 6) is -0.758. The molecule has 0 aliphatic rings. The smallest absolute Gasteiger partial charge is 0.259 e. The van der Waals surface area contributed by atoms with Gasteiger partial charge in [0.1, 0.15) is 16.4 Å². The third kappa shape index (κ3) is 5.30. The number of amides is 3. The van der Waals surface area contributed by atoms with Crippen molar-refractivity contribution in [3.8, 4) is 5.75 Å². The monoisotopic (exact) mass is 457 g/mol. The van der Waals surface area contributed by atoms with E-state index < -0.39 is 11.8 Å². The van der Waals surface area contributed by atoms with Crippen molar-refractivity contribution < 1.29 is 19.1 Å². The van der Waals surface area contributed by atoms with Crippen LogP contribution in [0.5, 0.6) is 5.75 Å². The number of aromatic amines is 1. The summed E-state index contributed by atoms with van der Waals surface area (Å²) in [6.45, 7) is 3.83. The van der Waals surface area contributed by atoms with Crippen molar-refractivity contribution >= 4 is 39.3 Å². The van der Waals surface area contributed by atoms with E-state index in [0.717, 1.165) is 10.4 Å². The third-order valence-corrected chi connectivity index (χ3v) is 5.85. The predicted octanol–water partition coefficient (Wildman–Crippen LogP) is 1.12. The average molecular weight is 458 g/mol. The molecule has 0 saturated carbocycles. The quantitative estimate of drug-likeness (QED) is 0.392. The van der Waals surface area contributed by atoms with Gasteiger partial charge in [-0.15, -0.1) is 11.3 Å². The first-order chi connectivity index (χ1) is 15.3. The second-order valence-corrected chi connectivity index (χ2v) is 8.16. The fourth-order valence-electron chi connectivity index (χ4n) is 3.00. The van der Waals surface area contributed by atoms with E-state index in [-0.39, 0.29) is 36.7 Å². The fourth-order valence-corrected chi connectivity index (χ4v) is 4.05.